The quantitative estimate of drug-likeness (QED) is 0.630. The largest absolute Gasteiger partial charge is 0.427 e. The summed E-state index contributed by atoms with van der Waals surface area (Å²) in [6.07, 6.45) is 0. The van der Waals surface area contributed by atoms with Crippen molar-refractivity contribution in [3.8, 4) is 0 Å². The van der Waals surface area contributed by atoms with E-state index < -0.39 is 11.7 Å². The molecule has 7 heteroatoms. The minimum Gasteiger partial charge on any atom is -0.405 e. The number of nitrogens with zero attached hydrogens (tertiary/aromatic N) is 2. The number of nitrogens with one attached hydrogen (secondary N) is 1. The number of carbonyl (C=O) groups is 1. The first-order valence-corrected chi connectivity index (χ1v) is 5.54. The summed E-state index contributed by atoms with van der Waals surface area (Å²) in [6.45, 7) is 1.76. The first-order valence-electron chi connectivity index (χ1n) is 5.54. The number of nitrogens with two attached hydrogens (primary N) is 1. The molecule has 0 atom stereocenters. The second kappa shape index (κ2) is 3.84. The Balaban J connectivity index is 2.26. The molecule has 0 fully saturated rings. The van der Waals surface area contributed by atoms with Gasteiger partial charge in [-0.25, -0.2) is 9.36 Å². The molecule has 1 aromatic carbocycles. The highest BCUT2D eigenvalue weighted by atomic mass is 16.4. The van der Waals surface area contributed by atoms with Crippen LogP contribution in [0.4, 0.5) is 5.69 Å². The Morgan fingerprint density at radius 1 is 1.47 bits per heavy atom. The fourth-order valence-corrected chi connectivity index (χ4v) is 1.90. The average Bonchev–Trinajstić information content (AvgIpc) is 2.93. The number of carbonyl (C=O) groups excluding carboxylic acids is 1. The highest BCUT2D eigenvalue weighted by Crippen LogP contribution is 2.20. The Kier molecular flexibility index (Phi) is 2.28. The van der Waals surface area contributed by atoms with E-state index in [-0.39, 0.29) is 11.3 Å². The van der Waals surface area contributed by atoms with Crippen molar-refractivity contribution in [2.24, 2.45) is 0 Å². The van der Waals surface area contributed by atoms with Gasteiger partial charge in [0, 0.05) is 5.69 Å². The third kappa shape index (κ3) is 1.63. The Bertz CT molecular complexity index is 840. The van der Waals surface area contributed by atoms with E-state index in [0.29, 0.717) is 11.2 Å². The molecule has 19 heavy (non-hydrogen) atoms. The molecule has 0 aliphatic heterocycles. The summed E-state index contributed by atoms with van der Waals surface area (Å²) in [5.41, 5.74) is 7.41. The van der Waals surface area contributed by atoms with Crippen LogP contribution in [-0.2, 0) is 0 Å². The molecule has 0 radical (unpaired) electrons. The summed E-state index contributed by atoms with van der Waals surface area (Å²) in [5, 5.41) is 6.48. The average molecular weight is 258 g/mol. The smallest absolute Gasteiger partial charge is 0.405 e. The number of aromatic amines is 1. The molecular formula is C12H10N4O3. The van der Waals surface area contributed by atoms with Crippen molar-refractivity contribution in [2.75, 3.05) is 5.73 Å². The lowest BCUT2D eigenvalue weighted by atomic mass is 10.2. The van der Waals surface area contributed by atoms with Gasteiger partial charge in [-0.3, -0.25) is 9.89 Å². The topological polar surface area (TPSA) is 107 Å². The molecule has 0 aliphatic carbocycles. The number of hydrogen-bond acceptors (Lipinski definition) is 5. The number of nitrogen functional groups attached to an aromatic ring is 1. The second-order valence-corrected chi connectivity index (χ2v) is 4.14. The summed E-state index contributed by atoms with van der Waals surface area (Å²) in [7, 11) is 0. The van der Waals surface area contributed by atoms with Crippen molar-refractivity contribution < 1.29 is 9.21 Å². The van der Waals surface area contributed by atoms with Crippen molar-refractivity contribution in [3.63, 3.8) is 0 Å². The fraction of sp³-hybridized carbons (Fsp3) is 0.0833. The summed E-state index contributed by atoms with van der Waals surface area (Å²) in [5.74, 6) is -1.34. The van der Waals surface area contributed by atoms with E-state index in [9.17, 15) is 9.59 Å². The molecule has 7 nitrogen and oxygen atoms in total. The number of hydrogen-bond donors (Lipinski definition) is 2. The van der Waals surface area contributed by atoms with Crippen LogP contribution >= 0.6 is 0 Å². The third-order valence-electron chi connectivity index (χ3n) is 2.77. The standard InChI is InChI=1S/C12H10N4O3/c1-6-5-8(15-14-6)11(17)16-9-4-2-3-7(13)10(9)19-12(16)18/h2-5H,13H2,1H3,(H,14,15). The van der Waals surface area contributed by atoms with E-state index in [1.165, 1.54) is 0 Å². The maximum Gasteiger partial charge on any atom is 0.427 e. The summed E-state index contributed by atoms with van der Waals surface area (Å²) in [6, 6.07) is 6.39. The van der Waals surface area contributed by atoms with Crippen LogP contribution in [0.1, 0.15) is 16.2 Å². The number of H-pyrrole nitrogens is 1. The van der Waals surface area contributed by atoms with Gasteiger partial charge < -0.3 is 10.2 Å². The van der Waals surface area contributed by atoms with Crippen molar-refractivity contribution >= 4 is 22.7 Å². The SMILES string of the molecule is Cc1cc(C(=O)n2c(=O)oc3c(N)cccc32)n[nH]1. The van der Waals surface area contributed by atoms with Crippen LogP contribution in [0, 0.1) is 6.92 Å². The molecular weight excluding hydrogens is 248 g/mol. The third-order valence-corrected chi connectivity index (χ3v) is 2.77. The van der Waals surface area contributed by atoms with Crippen LogP contribution in [0.25, 0.3) is 11.1 Å². The van der Waals surface area contributed by atoms with E-state index in [2.05, 4.69) is 10.2 Å². The normalized spacial score (nSPS) is 11.0. The van der Waals surface area contributed by atoms with Gasteiger partial charge in [-0.15, -0.1) is 0 Å². The Morgan fingerprint density at radius 2 is 2.26 bits per heavy atom. The minimum atomic E-state index is -0.779. The zero-order chi connectivity index (χ0) is 13.6. The van der Waals surface area contributed by atoms with Gasteiger partial charge in [-0.05, 0) is 25.1 Å². The number of benzene rings is 1. The summed E-state index contributed by atoms with van der Waals surface area (Å²) >= 11 is 0. The van der Waals surface area contributed by atoms with Crippen molar-refractivity contribution in [1.82, 2.24) is 14.8 Å². The highest BCUT2D eigenvalue weighted by Gasteiger charge is 2.20. The first kappa shape index (κ1) is 11.3. The number of rotatable bonds is 1. The van der Waals surface area contributed by atoms with Crippen LogP contribution in [0.15, 0.2) is 33.5 Å². The molecule has 3 aromatic rings. The predicted octanol–water partition coefficient (Wildman–Crippen LogP) is 0.897. The first-order chi connectivity index (χ1) is 9.08. The van der Waals surface area contributed by atoms with Crippen LogP contribution in [-0.4, -0.2) is 20.7 Å². The molecule has 0 aliphatic rings. The molecule has 0 spiro atoms. The zero-order valence-electron chi connectivity index (χ0n) is 10.0. The summed E-state index contributed by atoms with van der Waals surface area (Å²) < 4.78 is 5.92. The Labute approximate surface area is 106 Å². The lowest BCUT2D eigenvalue weighted by Gasteiger charge is -1.97. The second-order valence-electron chi connectivity index (χ2n) is 4.14. The molecule has 0 saturated heterocycles. The van der Waals surface area contributed by atoms with E-state index in [1.807, 2.05) is 0 Å². The number of anilines is 1. The van der Waals surface area contributed by atoms with E-state index >= 15 is 0 Å². The minimum absolute atomic E-state index is 0.143. The van der Waals surface area contributed by atoms with Crippen molar-refractivity contribution in [2.45, 2.75) is 6.92 Å². The Morgan fingerprint density at radius 3 is 2.95 bits per heavy atom. The fourth-order valence-electron chi connectivity index (χ4n) is 1.90. The predicted molar refractivity (Wildman–Crippen MR) is 67.9 cm³/mol. The van der Waals surface area contributed by atoms with Crippen molar-refractivity contribution in [1.29, 1.82) is 0 Å². The number of para-hydroxylation sites is 1. The zero-order valence-corrected chi connectivity index (χ0v) is 10.0. The molecule has 0 saturated carbocycles. The molecule has 0 amide bonds. The van der Waals surface area contributed by atoms with Crippen LogP contribution in [0.2, 0.25) is 0 Å². The molecule has 2 aromatic heterocycles. The molecule has 3 N–H and O–H groups in total. The Hall–Kier alpha value is -2.83. The van der Waals surface area contributed by atoms with Crippen molar-refractivity contribution in [3.05, 3.63) is 46.2 Å². The van der Waals surface area contributed by atoms with Gasteiger partial charge in [-0.2, -0.15) is 5.10 Å². The van der Waals surface area contributed by atoms with E-state index in [0.717, 1.165) is 10.3 Å². The molecule has 0 unspecified atom stereocenters. The van der Waals surface area contributed by atoms with Gasteiger partial charge in [0.05, 0.1) is 5.69 Å². The van der Waals surface area contributed by atoms with E-state index in [1.54, 1.807) is 31.2 Å². The monoisotopic (exact) mass is 258 g/mol. The molecule has 2 heterocycles. The number of oxazole rings is 1. The summed E-state index contributed by atoms with van der Waals surface area (Å²) in [4.78, 5) is 24.0. The van der Waals surface area contributed by atoms with Gasteiger partial charge >= 0.3 is 5.76 Å². The highest BCUT2D eigenvalue weighted by molar-refractivity contribution is 6.00. The number of fused-ring (bicyclic) bond motifs is 1. The lowest BCUT2D eigenvalue weighted by molar-refractivity contribution is 0.0951. The maximum atomic E-state index is 12.2. The van der Waals surface area contributed by atoms with Gasteiger partial charge in [0.25, 0.3) is 5.91 Å². The van der Waals surface area contributed by atoms with Crippen LogP contribution in [0.5, 0.6) is 0 Å². The molecule has 96 valence electrons. The molecule has 0 bridgehead atoms. The maximum absolute atomic E-state index is 12.2. The van der Waals surface area contributed by atoms with E-state index in [4.69, 9.17) is 10.2 Å². The van der Waals surface area contributed by atoms with Crippen LogP contribution < -0.4 is 11.5 Å². The number of aromatic nitrogens is 3. The van der Waals surface area contributed by atoms with Gasteiger partial charge in [-0.1, -0.05) is 6.07 Å². The number of aryl methyl sites for hydroxylation is 1. The van der Waals surface area contributed by atoms with Gasteiger partial charge in [0.2, 0.25) is 0 Å². The lowest BCUT2D eigenvalue weighted by Crippen LogP contribution is -2.23. The van der Waals surface area contributed by atoms with Gasteiger partial charge in [0.15, 0.2) is 11.3 Å². The van der Waals surface area contributed by atoms with Gasteiger partial charge in [0.1, 0.15) is 5.52 Å². The molecule has 3 rings (SSSR count). The van der Waals surface area contributed by atoms with Crippen LogP contribution in [0.3, 0.4) is 0 Å².